The number of anilines is 1. The van der Waals surface area contributed by atoms with Crippen LogP contribution < -0.4 is 10.2 Å². The van der Waals surface area contributed by atoms with Crippen LogP contribution in [0.4, 0.5) is 5.69 Å². The highest BCUT2D eigenvalue weighted by Gasteiger charge is 2.13. The van der Waals surface area contributed by atoms with Gasteiger partial charge in [-0.15, -0.1) is 0 Å². The normalized spacial score (nSPS) is 11.2. The molecule has 0 radical (unpaired) electrons. The van der Waals surface area contributed by atoms with Crippen molar-refractivity contribution in [2.45, 2.75) is 39.2 Å². The maximum Gasteiger partial charge on any atom is 0.220 e. The molecule has 3 heteroatoms. The third kappa shape index (κ3) is 5.21. The first-order valence-corrected chi connectivity index (χ1v) is 6.35. The molecular formula is C15H24N2O. The number of aryl methyl sites for hydroxylation is 1. The summed E-state index contributed by atoms with van der Waals surface area (Å²) in [6.45, 7) is 5.99. The lowest BCUT2D eigenvalue weighted by atomic mass is 10.1. The number of carbonyl (C=O) groups excluding carboxylic acids is 1. The van der Waals surface area contributed by atoms with Crippen LogP contribution in [0.2, 0.25) is 0 Å². The van der Waals surface area contributed by atoms with E-state index in [1.807, 2.05) is 34.9 Å². The van der Waals surface area contributed by atoms with Crippen molar-refractivity contribution in [3.63, 3.8) is 0 Å². The van der Waals surface area contributed by atoms with E-state index in [1.165, 1.54) is 11.3 Å². The average molecular weight is 248 g/mol. The summed E-state index contributed by atoms with van der Waals surface area (Å²) < 4.78 is 0. The van der Waals surface area contributed by atoms with E-state index in [0.29, 0.717) is 6.42 Å². The van der Waals surface area contributed by atoms with E-state index in [0.717, 1.165) is 6.42 Å². The Kier molecular flexibility index (Phi) is 4.76. The molecule has 0 saturated carbocycles. The first-order chi connectivity index (χ1) is 8.28. The van der Waals surface area contributed by atoms with Crippen LogP contribution in [0, 0.1) is 0 Å². The van der Waals surface area contributed by atoms with Crippen molar-refractivity contribution < 1.29 is 4.79 Å². The molecule has 1 aromatic rings. The molecule has 3 nitrogen and oxygen atoms in total. The van der Waals surface area contributed by atoms with Gasteiger partial charge in [-0.1, -0.05) is 12.1 Å². The third-order valence-corrected chi connectivity index (χ3v) is 2.61. The fourth-order valence-corrected chi connectivity index (χ4v) is 1.70. The molecular weight excluding hydrogens is 224 g/mol. The molecule has 18 heavy (non-hydrogen) atoms. The minimum Gasteiger partial charge on any atom is -0.378 e. The number of nitrogens with one attached hydrogen (secondary N) is 1. The van der Waals surface area contributed by atoms with Crippen LogP contribution in [-0.2, 0) is 11.2 Å². The zero-order chi connectivity index (χ0) is 13.8. The Morgan fingerprint density at radius 1 is 1.17 bits per heavy atom. The van der Waals surface area contributed by atoms with E-state index in [9.17, 15) is 4.79 Å². The highest BCUT2D eigenvalue weighted by molar-refractivity contribution is 5.76. The second-order valence-corrected chi connectivity index (χ2v) is 5.86. The van der Waals surface area contributed by atoms with Crippen molar-refractivity contribution in [2.75, 3.05) is 19.0 Å². The van der Waals surface area contributed by atoms with Crippen LogP contribution in [-0.4, -0.2) is 25.5 Å². The fraction of sp³-hybridized carbons (Fsp3) is 0.533. The number of nitrogens with zero attached hydrogens (tertiary/aromatic N) is 1. The number of benzene rings is 1. The van der Waals surface area contributed by atoms with Gasteiger partial charge in [-0.3, -0.25) is 4.79 Å². The summed E-state index contributed by atoms with van der Waals surface area (Å²) in [5.41, 5.74) is 2.23. The van der Waals surface area contributed by atoms with Gasteiger partial charge in [0.05, 0.1) is 0 Å². The van der Waals surface area contributed by atoms with Crippen molar-refractivity contribution in [1.29, 1.82) is 0 Å². The predicted molar refractivity (Wildman–Crippen MR) is 77.0 cm³/mol. The fourth-order valence-electron chi connectivity index (χ4n) is 1.70. The van der Waals surface area contributed by atoms with Crippen LogP contribution in [0.3, 0.4) is 0 Å². The van der Waals surface area contributed by atoms with Gasteiger partial charge in [0.2, 0.25) is 5.91 Å². The summed E-state index contributed by atoms with van der Waals surface area (Å²) in [6.07, 6.45) is 1.33. The molecule has 0 aliphatic carbocycles. The van der Waals surface area contributed by atoms with Gasteiger partial charge in [0.1, 0.15) is 0 Å². The lowest BCUT2D eigenvalue weighted by molar-refractivity contribution is -0.122. The molecule has 0 atom stereocenters. The minimum atomic E-state index is -0.147. The lowest BCUT2D eigenvalue weighted by Crippen LogP contribution is -2.40. The van der Waals surface area contributed by atoms with Crippen LogP contribution in [0.5, 0.6) is 0 Å². The molecule has 0 heterocycles. The van der Waals surface area contributed by atoms with Crippen LogP contribution >= 0.6 is 0 Å². The maximum absolute atomic E-state index is 11.7. The molecule has 0 bridgehead atoms. The molecule has 0 fully saturated rings. The van der Waals surface area contributed by atoms with Crippen LogP contribution in [0.1, 0.15) is 32.8 Å². The van der Waals surface area contributed by atoms with E-state index in [-0.39, 0.29) is 11.4 Å². The summed E-state index contributed by atoms with van der Waals surface area (Å²) in [5.74, 6) is 0.110. The molecule has 0 aliphatic heterocycles. The Morgan fingerprint density at radius 3 is 2.17 bits per heavy atom. The SMILES string of the molecule is CN(C)c1ccc(CCC(=O)NC(C)(C)C)cc1. The Morgan fingerprint density at radius 2 is 1.72 bits per heavy atom. The number of rotatable bonds is 4. The van der Waals surface area contributed by atoms with Gasteiger partial charge in [-0.05, 0) is 44.9 Å². The first kappa shape index (κ1) is 14.6. The monoisotopic (exact) mass is 248 g/mol. The smallest absolute Gasteiger partial charge is 0.220 e. The van der Waals surface area contributed by atoms with E-state index in [2.05, 4.69) is 34.5 Å². The van der Waals surface area contributed by atoms with Gasteiger partial charge in [0.15, 0.2) is 0 Å². The summed E-state index contributed by atoms with van der Waals surface area (Å²) >= 11 is 0. The number of carbonyl (C=O) groups is 1. The topological polar surface area (TPSA) is 32.3 Å². The van der Waals surface area contributed by atoms with Crippen LogP contribution in [0.25, 0.3) is 0 Å². The molecule has 0 saturated heterocycles. The maximum atomic E-state index is 11.7. The molecule has 1 aromatic carbocycles. The van der Waals surface area contributed by atoms with Gasteiger partial charge in [-0.25, -0.2) is 0 Å². The molecule has 1 amide bonds. The Labute approximate surface area is 110 Å². The minimum absolute atomic E-state index is 0.110. The summed E-state index contributed by atoms with van der Waals surface area (Å²) in [6, 6.07) is 8.33. The summed E-state index contributed by atoms with van der Waals surface area (Å²) in [5, 5.41) is 2.97. The van der Waals surface area contributed by atoms with Crippen molar-refractivity contribution in [1.82, 2.24) is 5.32 Å². The Balaban J connectivity index is 2.46. The van der Waals surface area contributed by atoms with E-state index >= 15 is 0 Å². The molecule has 1 rings (SSSR count). The summed E-state index contributed by atoms with van der Waals surface area (Å²) in [7, 11) is 4.04. The lowest BCUT2D eigenvalue weighted by Gasteiger charge is -2.20. The predicted octanol–water partition coefficient (Wildman–Crippen LogP) is 2.60. The molecule has 0 aromatic heterocycles. The van der Waals surface area contributed by atoms with Crippen LogP contribution in [0.15, 0.2) is 24.3 Å². The second kappa shape index (κ2) is 5.89. The number of amides is 1. The Bertz CT molecular complexity index is 388. The van der Waals surface area contributed by atoms with Crippen molar-refractivity contribution >= 4 is 11.6 Å². The third-order valence-electron chi connectivity index (χ3n) is 2.61. The van der Waals surface area contributed by atoms with Gasteiger partial charge < -0.3 is 10.2 Å². The highest BCUT2D eigenvalue weighted by Crippen LogP contribution is 2.13. The van der Waals surface area contributed by atoms with Gasteiger partial charge in [-0.2, -0.15) is 0 Å². The van der Waals surface area contributed by atoms with Crippen molar-refractivity contribution in [3.8, 4) is 0 Å². The summed E-state index contributed by atoms with van der Waals surface area (Å²) in [4.78, 5) is 13.8. The zero-order valence-corrected chi connectivity index (χ0v) is 12.1. The highest BCUT2D eigenvalue weighted by atomic mass is 16.1. The average Bonchev–Trinajstić information content (AvgIpc) is 2.24. The molecule has 0 unspecified atom stereocenters. The van der Waals surface area contributed by atoms with Crippen molar-refractivity contribution in [3.05, 3.63) is 29.8 Å². The van der Waals surface area contributed by atoms with Crippen molar-refractivity contribution in [2.24, 2.45) is 0 Å². The molecule has 100 valence electrons. The van der Waals surface area contributed by atoms with E-state index in [4.69, 9.17) is 0 Å². The van der Waals surface area contributed by atoms with Gasteiger partial charge in [0.25, 0.3) is 0 Å². The van der Waals surface area contributed by atoms with Gasteiger partial charge >= 0.3 is 0 Å². The standard InChI is InChI=1S/C15H24N2O/c1-15(2,3)16-14(18)11-8-12-6-9-13(10-7-12)17(4)5/h6-7,9-10H,8,11H2,1-5H3,(H,16,18). The molecule has 0 aliphatic rings. The molecule has 0 spiro atoms. The van der Waals surface area contributed by atoms with E-state index < -0.39 is 0 Å². The number of hydrogen-bond donors (Lipinski definition) is 1. The van der Waals surface area contributed by atoms with E-state index in [1.54, 1.807) is 0 Å². The zero-order valence-electron chi connectivity index (χ0n) is 12.1. The molecule has 1 N–H and O–H groups in total. The largest absolute Gasteiger partial charge is 0.378 e. The first-order valence-electron chi connectivity index (χ1n) is 6.35. The number of hydrogen-bond acceptors (Lipinski definition) is 2. The van der Waals surface area contributed by atoms with Gasteiger partial charge in [0, 0.05) is 31.7 Å². The quantitative estimate of drug-likeness (QED) is 0.888. The Hall–Kier alpha value is -1.51. The second-order valence-electron chi connectivity index (χ2n) is 5.86.